The van der Waals surface area contributed by atoms with E-state index in [0.29, 0.717) is 25.6 Å². The molecule has 7 rings (SSSR count). The Morgan fingerprint density at radius 3 is 2.36 bits per heavy atom. The zero-order valence-corrected chi connectivity index (χ0v) is 29.2. The Bertz CT molecular complexity index is 1850. The van der Waals surface area contributed by atoms with Gasteiger partial charge in [-0.2, -0.15) is 12.7 Å². The summed E-state index contributed by atoms with van der Waals surface area (Å²) in [6, 6.07) is 12.3. The number of nitrogens with zero attached hydrogens (tertiary/aromatic N) is 4. The quantitative estimate of drug-likeness (QED) is 0.402. The van der Waals surface area contributed by atoms with E-state index < -0.39 is 21.5 Å². The van der Waals surface area contributed by atoms with Crippen molar-refractivity contribution in [2.24, 2.45) is 5.41 Å². The van der Waals surface area contributed by atoms with Crippen molar-refractivity contribution in [3.63, 3.8) is 0 Å². The summed E-state index contributed by atoms with van der Waals surface area (Å²) < 4.78 is 36.7. The van der Waals surface area contributed by atoms with Crippen molar-refractivity contribution in [3.8, 4) is 17.0 Å². The van der Waals surface area contributed by atoms with Crippen LogP contribution in [0.15, 0.2) is 36.4 Å². The molecule has 2 aliphatic carbocycles. The number of carbonyl (C=O) groups excluding carboxylic acids is 2. The molecule has 2 amide bonds. The van der Waals surface area contributed by atoms with Gasteiger partial charge in [-0.3, -0.25) is 14.5 Å². The van der Waals surface area contributed by atoms with Crippen LogP contribution in [-0.4, -0.2) is 92.3 Å². The second kappa shape index (κ2) is 11.6. The molecule has 0 radical (unpaired) electrons. The molecule has 252 valence electrons. The van der Waals surface area contributed by atoms with Crippen molar-refractivity contribution in [3.05, 3.63) is 53.1 Å². The Labute approximate surface area is 278 Å². The molecule has 1 aromatic heterocycles. The fourth-order valence-electron chi connectivity index (χ4n) is 8.66. The van der Waals surface area contributed by atoms with Gasteiger partial charge in [-0.15, -0.1) is 0 Å². The van der Waals surface area contributed by atoms with Crippen LogP contribution in [0.5, 0.6) is 5.75 Å². The molecule has 4 aliphatic rings. The normalized spacial score (nSPS) is 26.4. The van der Waals surface area contributed by atoms with Crippen LogP contribution in [0.25, 0.3) is 22.2 Å². The first-order valence-corrected chi connectivity index (χ1v) is 18.4. The third kappa shape index (κ3) is 5.16. The number of rotatable bonds is 6. The van der Waals surface area contributed by atoms with Crippen molar-refractivity contribution in [1.82, 2.24) is 23.4 Å². The van der Waals surface area contributed by atoms with Gasteiger partial charge in [-0.25, -0.2) is 4.72 Å². The fourth-order valence-corrected chi connectivity index (χ4v) is 9.20. The maximum absolute atomic E-state index is 14.8. The van der Waals surface area contributed by atoms with E-state index in [9.17, 15) is 18.0 Å². The number of benzene rings is 2. The number of likely N-dealkylation sites (N-methyl/N-ethyl adjacent to an activating group) is 1. The topological polar surface area (TPSA) is 104 Å². The number of hydrogen-bond acceptors (Lipinski definition) is 6. The first kappa shape index (κ1) is 32.2. The Morgan fingerprint density at radius 1 is 1.00 bits per heavy atom. The highest BCUT2D eigenvalue weighted by molar-refractivity contribution is 7.87. The van der Waals surface area contributed by atoms with E-state index in [-0.39, 0.29) is 29.5 Å². The predicted molar refractivity (Wildman–Crippen MR) is 183 cm³/mol. The second-order valence-electron chi connectivity index (χ2n) is 14.5. The molecule has 2 aliphatic heterocycles. The minimum absolute atomic E-state index is 0.0114. The summed E-state index contributed by atoms with van der Waals surface area (Å²) in [7, 11) is 2.64. The molecule has 3 aromatic rings. The van der Waals surface area contributed by atoms with Gasteiger partial charge in [0, 0.05) is 79.3 Å². The Kier molecular flexibility index (Phi) is 7.96. The fraction of sp³-hybridized carbons (Fsp3) is 0.556. The standard InChI is InChI=1S/C36H47N5O5S/c1-22-19-40(20-23(2)39(22)5)35(43)36-18-28(36)32-27(13-10-14-30(32)46-6)33-31(24-11-8-7-9-12-24)26-16-15-25(17-29(26)41(33)21-36)34(42)37-47(44,45)38(3)4/h10,13-17,22-24,28H,7-9,11-12,18-21H2,1-6H3,(H,37,42)/t22-,23+,28?,36-/m1/s1. The van der Waals surface area contributed by atoms with E-state index in [2.05, 4.69) is 46.1 Å². The summed E-state index contributed by atoms with van der Waals surface area (Å²) in [5.41, 5.74) is 5.07. The molecule has 1 unspecified atom stereocenters. The zero-order chi connectivity index (χ0) is 33.4. The molecule has 11 heteroatoms. The first-order chi connectivity index (χ1) is 22.4. The highest BCUT2D eigenvalue weighted by Gasteiger charge is 2.65. The van der Waals surface area contributed by atoms with Crippen LogP contribution in [0.1, 0.15) is 85.7 Å². The lowest BCUT2D eigenvalue weighted by atomic mass is 9.81. The molecule has 4 atom stereocenters. The third-order valence-electron chi connectivity index (χ3n) is 11.6. The molecule has 0 bridgehead atoms. The number of fused-ring (bicyclic) bond motifs is 7. The summed E-state index contributed by atoms with van der Waals surface area (Å²) in [6.07, 6.45) is 6.44. The molecule has 1 saturated heterocycles. The number of aromatic nitrogens is 1. The van der Waals surface area contributed by atoms with Gasteiger partial charge >= 0.3 is 10.2 Å². The van der Waals surface area contributed by atoms with Crippen LogP contribution >= 0.6 is 0 Å². The van der Waals surface area contributed by atoms with Crippen molar-refractivity contribution < 1.29 is 22.7 Å². The zero-order valence-electron chi connectivity index (χ0n) is 28.4. The number of methoxy groups -OCH3 is 1. The van der Waals surface area contributed by atoms with Gasteiger partial charge in [0.2, 0.25) is 5.91 Å². The lowest BCUT2D eigenvalue weighted by molar-refractivity contribution is -0.141. The molecule has 3 heterocycles. The minimum Gasteiger partial charge on any atom is -0.496 e. The van der Waals surface area contributed by atoms with Crippen LogP contribution < -0.4 is 9.46 Å². The van der Waals surface area contributed by atoms with Crippen molar-refractivity contribution in [2.75, 3.05) is 41.3 Å². The van der Waals surface area contributed by atoms with E-state index in [0.717, 1.165) is 69.9 Å². The number of nitrogens with one attached hydrogen (secondary N) is 1. The monoisotopic (exact) mass is 661 g/mol. The highest BCUT2D eigenvalue weighted by Crippen LogP contribution is 2.67. The largest absolute Gasteiger partial charge is 0.496 e. The van der Waals surface area contributed by atoms with E-state index in [1.807, 2.05) is 24.3 Å². The first-order valence-electron chi connectivity index (χ1n) is 17.0. The van der Waals surface area contributed by atoms with Crippen LogP contribution in [0.3, 0.4) is 0 Å². The molecule has 3 fully saturated rings. The molecule has 1 N–H and O–H groups in total. The number of ether oxygens (including phenoxy) is 1. The summed E-state index contributed by atoms with van der Waals surface area (Å²) in [6.45, 7) is 6.22. The van der Waals surface area contributed by atoms with E-state index in [4.69, 9.17) is 4.74 Å². The van der Waals surface area contributed by atoms with Crippen molar-refractivity contribution in [2.45, 2.75) is 82.8 Å². The average Bonchev–Trinajstić information content (AvgIpc) is 3.71. The van der Waals surface area contributed by atoms with Gasteiger partial charge in [-0.1, -0.05) is 37.5 Å². The lowest BCUT2D eigenvalue weighted by Gasteiger charge is -2.43. The van der Waals surface area contributed by atoms with Gasteiger partial charge in [0.1, 0.15) is 5.75 Å². The summed E-state index contributed by atoms with van der Waals surface area (Å²) in [5, 5.41) is 1.07. The average molecular weight is 662 g/mol. The van der Waals surface area contributed by atoms with Gasteiger partial charge in [0.25, 0.3) is 5.91 Å². The Morgan fingerprint density at radius 2 is 1.70 bits per heavy atom. The molecule has 2 aromatic carbocycles. The SMILES string of the molecule is COc1cccc2c1C1C[C@@]1(C(=O)N1C[C@@H](C)N(C)[C@@H](C)C1)Cn1c-2c(C2CCCCC2)c2ccc(C(=O)NS(=O)(=O)N(C)C)cc21. The maximum atomic E-state index is 14.8. The van der Waals surface area contributed by atoms with Crippen molar-refractivity contribution >= 4 is 32.9 Å². The van der Waals surface area contributed by atoms with E-state index in [1.165, 1.54) is 26.1 Å². The van der Waals surface area contributed by atoms with Crippen molar-refractivity contribution in [1.29, 1.82) is 0 Å². The molecular weight excluding hydrogens is 614 g/mol. The van der Waals surface area contributed by atoms with Crippen LogP contribution in [0, 0.1) is 5.41 Å². The Hall–Kier alpha value is -3.41. The molecular formula is C36H47N5O5S. The van der Waals surface area contributed by atoms with Gasteiger partial charge in [0.15, 0.2) is 0 Å². The van der Waals surface area contributed by atoms with Gasteiger partial charge in [0.05, 0.1) is 18.2 Å². The maximum Gasteiger partial charge on any atom is 0.303 e. The predicted octanol–water partition coefficient (Wildman–Crippen LogP) is 4.94. The molecule has 47 heavy (non-hydrogen) atoms. The third-order valence-corrected chi connectivity index (χ3v) is 13.0. The van der Waals surface area contributed by atoms with Crippen LogP contribution in [0.2, 0.25) is 0 Å². The highest BCUT2D eigenvalue weighted by atomic mass is 32.2. The summed E-state index contributed by atoms with van der Waals surface area (Å²) in [5.74, 6) is 0.671. The number of hydrogen-bond donors (Lipinski definition) is 1. The van der Waals surface area contributed by atoms with Crippen LogP contribution in [0.4, 0.5) is 0 Å². The lowest BCUT2D eigenvalue weighted by Crippen LogP contribution is -2.58. The second-order valence-corrected chi connectivity index (χ2v) is 16.4. The van der Waals surface area contributed by atoms with E-state index >= 15 is 0 Å². The van der Waals surface area contributed by atoms with Gasteiger partial charge in [-0.05, 0) is 69.8 Å². The van der Waals surface area contributed by atoms with Crippen LogP contribution in [-0.2, 0) is 21.5 Å². The van der Waals surface area contributed by atoms with E-state index in [1.54, 1.807) is 13.2 Å². The molecule has 0 spiro atoms. The number of piperazine rings is 1. The minimum atomic E-state index is -3.97. The molecule has 10 nitrogen and oxygen atoms in total. The summed E-state index contributed by atoms with van der Waals surface area (Å²) in [4.78, 5) is 32.6. The number of amides is 2. The smallest absolute Gasteiger partial charge is 0.303 e. The number of carbonyl (C=O) groups is 2. The molecule has 2 saturated carbocycles. The summed E-state index contributed by atoms with van der Waals surface area (Å²) >= 11 is 0. The Balaban J connectivity index is 1.43. The van der Waals surface area contributed by atoms with Gasteiger partial charge < -0.3 is 14.2 Å².